The van der Waals surface area contributed by atoms with Crippen LogP contribution < -0.4 is 5.32 Å². The van der Waals surface area contributed by atoms with Crippen LogP contribution in [0.15, 0.2) is 18.5 Å². The van der Waals surface area contributed by atoms with E-state index >= 15 is 0 Å². The molecule has 1 aromatic rings. The molecule has 2 saturated heterocycles. The minimum atomic E-state index is -0.297. The second-order valence-electron chi connectivity index (χ2n) is 5.82. The van der Waals surface area contributed by atoms with E-state index in [-0.39, 0.29) is 36.1 Å². The molecule has 0 aromatic carbocycles. The first-order chi connectivity index (χ1) is 11.0. The number of rotatable bonds is 3. The van der Waals surface area contributed by atoms with Crippen LogP contribution in [0.4, 0.5) is 0 Å². The van der Waals surface area contributed by atoms with Crippen LogP contribution in [0.2, 0.25) is 5.02 Å². The van der Waals surface area contributed by atoms with Crippen molar-refractivity contribution in [2.45, 2.75) is 12.5 Å². The van der Waals surface area contributed by atoms with Gasteiger partial charge in [-0.25, -0.2) is 0 Å². The smallest absolute Gasteiger partial charge is 0.255 e. The summed E-state index contributed by atoms with van der Waals surface area (Å²) in [5.41, 5.74) is 0.437. The molecule has 2 aliphatic heterocycles. The van der Waals surface area contributed by atoms with Crippen molar-refractivity contribution in [3.8, 4) is 0 Å². The number of nitrogens with zero attached hydrogens (tertiary/aromatic N) is 3. The predicted octanol–water partition coefficient (Wildman–Crippen LogP) is 0.154. The normalized spacial score (nSPS) is 21.3. The summed E-state index contributed by atoms with van der Waals surface area (Å²) in [7, 11) is 1.57. The molecule has 0 bridgehead atoms. The van der Waals surface area contributed by atoms with Gasteiger partial charge in [0.15, 0.2) is 0 Å². The van der Waals surface area contributed by atoms with E-state index in [1.165, 1.54) is 12.4 Å². The Bertz CT molecular complexity index is 660. The van der Waals surface area contributed by atoms with E-state index in [9.17, 15) is 14.4 Å². The number of nitrogens with one attached hydrogen (secondary N) is 1. The first-order valence-corrected chi connectivity index (χ1v) is 7.78. The molecule has 3 rings (SSSR count). The molecule has 2 fully saturated rings. The zero-order chi connectivity index (χ0) is 16.6. The van der Waals surface area contributed by atoms with Gasteiger partial charge in [0.2, 0.25) is 11.8 Å². The lowest BCUT2D eigenvalue weighted by atomic mass is 10.1. The van der Waals surface area contributed by atoms with Crippen molar-refractivity contribution in [3.05, 3.63) is 29.0 Å². The lowest BCUT2D eigenvalue weighted by Crippen LogP contribution is -2.61. The molecule has 1 unspecified atom stereocenters. The van der Waals surface area contributed by atoms with Crippen LogP contribution in [0.3, 0.4) is 0 Å². The third-order valence-corrected chi connectivity index (χ3v) is 4.52. The zero-order valence-corrected chi connectivity index (χ0v) is 13.4. The van der Waals surface area contributed by atoms with Gasteiger partial charge in [-0.1, -0.05) is 11.6 Å². The highest BCUT2D eigenvalue weighted by Crippen LogP contribution is 2.26. The summed E-state index contributed by atoms with van der Waals surface area (Å²) in [6.45, 7) is 1.36. The molecule has 2 aliphatic rings. The van der Waals surface area contributed by atoms with Crippen molar-refractivity contribution < 1.29 is 14.4 Å². The van der Waals surface area contributed by atoms with E-state index in [1.54, 1.807) is 22.9 Å². The standard InChI is InChI=1S/C15H17ClN4O3/c1-17-14(22)10-3-13(21)20(6-10)12-7-19(8-12)15(23)9-2-11(16)5-18-4-9/h2,4-5,10,12H,3,6-8H2,1H3,(H,17,22). The SMILES string of the molecule is CNC(=O)C1CC(=O)N(C2CN(C(=O)c3cncc(Cl)c3)C2)C1. The minimum Gasteiger partial charge on any atom is -0.359 e. The summed E-state index contributed by atoms with van der Waals surface area (Å²) in [6.07, 6.45) is 3.19. The molecule has 8 heteroatoms. The van der Waals surface area contributed by atoms with Crippen molar-refractivity contribution in [1.29, 1.82) is 0 Å². The van der Waals surface area contributed by atoms with Crippen LogP contribution in [-0.4, -0.2) is 65.2 Å². The average molecular weight is 337 g/mol. The monoisotopic (exact) mass is 336 g/mol. The van der Waals surface area contributed by atoms with Crippen LogP contribution in [0.5, 0.6) is 0 Å². The Kier molecular flexibility index (Phi) is 4.21. The van der Waals surface area contributed by atoms with Gasteiger partial charge in [0.25, 0.3) is 5.91 Å². The first-order valence-electron chi connectivity index (χ1n) is 7.40. The van der Waals surface area contributed by atoms with Crippen molar-refractivity contribution in [2.24, 2.45) is 5.92 Å². The van der Waals surface area contributed by atoms with Crippen LogP contribution >= 0.6 is 11.6 Å². The number of likely N-dealkylation sites (tertiary alicyclic amines) is 2. The molecule has 122 valence electrons. The number of aromatic nitrogens is 1. The van der Waals surface area contributed by atoms with Gasteiger partial charge in [0.1, 0.15) is 0 Å². The highest BCUT2D eigenvalue weighted by Gasteiger charge is 2.43. The summed E-state index contributed by atoms with van der Waals surface area (Å²) < 4.78 is 0. The quantitative estimate of drug-likeness (QED) is 0.852. The number of carbonyl (C=O) groups is 3. The summed E-state index contributed by atoms with van der Waals surface area (Å²) in [6, 6.07) is 1.56. The fourth-order valence-corrected chi connectivity index (χ4v) is 3.17. The molecule has 7 nitrogen and oxygen atoms in total. The van der Waals surface area contributed by atoms with Crippen LogP contribution in [0.1, 0.15) is 16.8 Å². The summed E-state index contributed by atoms with van der Waals surface area (Å²) in [5, 5.41) is 2.99. The Hall–Kier alpha value is -2.15. The molecular weight excluding hydrogens is 320 g/mol. The fourth-order valence-electron chi connectivity index (χ4n) is 2.99. The van der Waals surface area contributed by atoms with Gasteiger partial charge in [-0.15, -0.1) is 0 Å². The van der Waals surface area contributed by atoms with Gasteiger partial charge in [-0.2, -0.15) is 0 Å². The topological polar surface area (TPSA) is 82.6 Å². The highest BCUT2D eigenvalue weighted by molar-refractivity contribution is 6.30. The van der Waals surface area contributed by atoms with E-state index < -0.39 is 0 Å². The zero-order valence-electron chi connectivity index (χ0n) is 12.7. The van der Waals surface area contributed by atoms with Gasteiger partial charge < -0.3 is 15.1 Å². The van der Waals surface area contributed by atoms with Gasteiger partial charge in [0, 0.05) is 45.5 Å². The maximum Gasteiger partial charge on any atom is 0.255 e. The number of carbonyl (C=O) groups excluding carboxylic acids is 3. The van der Waals surface area contributed by atoms with E-state index in [0.717, 1.165) is 0 Å². The Morgan fingerprint density at radius 1 is 1.30 bits per heavy atom. The summed E-state index contributed by atoms with van der Waals surface area (Å²) in [4.78, 5) is 43.3. The number of pyridine rings is 1. The third-order valence-electron chi connectivity index (χ3n) is 4.32. The van der Waals surface area contributed by atoms with Crippen molar-refractivity contribution in [2.75, 3.05) is 26.7 Å². The van der Waals surface area contributed by atoms with Crippen molar-refractivity contribution in [3.63, 3.8) is 0 Å². The van der Waals surface area contributed by atoms with Gasteiger partial charge in [0.05, 0.1) is 22.5 Å². The van der Waals surface area contributed by atoms with E-state index in [0.29, 0.717) is 30.2 Å². The summed E-state index contributed by atoms with van der Waals surface area (Å²) >= 11 is 5.84. The van der Waals surface area contributed by atoms with Gasteiger partial charge in [-0.05, 0) is 6.07 Å². The number of halogens is 1. The van der Waals surface area contributed by atoms with Crippen molar-refractivity contribution >= 4 is 29.3 Å². The molecule has 0 saturated carbocycles. The average Bonchev–Trinajstić information content (AvgIpc) is 2.87. The molecule has 3 amide bonds. The second-order valence-corrected chi connectivity index (χ2v) is 6.25. The molecular formula is C15H17ClN4O3. The van der Waals surface area contributed by atoms with Crippen molar-refractivity contribution in [1.82, 2.24) is 20.1 Å². The third kappa shape index (κ3) is 3.01. The molecule has 0 spiro atoms. The molecule has 23 heavy (non-hydrogen) atoms. The second kappa shape index (κ2) is 6.16. The number of amides is 3. The Morgan fingerprint density at radius 3 is 2.70 bits per heavy atom. The van der Waals surface area contributed by atoms with E-state index in [1.807, 2.05) is 0 Å². The van der Waals surface area contributed by atoms with Gasteiger partial charge in [-0.3, -0.25) is 19.4 Å². The maximum absolute atomic E-state index is 12.3. The largest absolute Gasteiger partial charge is 0.359 e. The molecule has 1 atom stereocenters. The van der Waals surface area contributed by atoms with E-state index in [4.69, 9.17) is 11.6 Å². The van der Waals surface area contributed by atoms with Crippen LogP contribution in [0, 0.1) is 5.92 Å². The molecule has 0 aliphatic carbocycles. The molecule has 1 aromatic heterocycles. The van der Waals surface area contributed by atoms with E-state index in [2.05, 4.69) is 10.3 Å². The Morgan fingerprint density at radius 2 is 2.04 bits per heavy atom. The Balaban J connectivity index is 1.58. The Labute approximate surface area is 138 Å². The number of hydrogen-bond acceptors (Lipinski definition) is 4. The lowest BCUT2D eigenvalue weighted by Gasteiger charge is -2.44. The summed E-state index contributed by atoms with van der Waals surface area (Å²) in [5.74, 6) is -0.585. The predicted molar refractivity (Wildman–Crippen MR) is 82.8 cm³/mol. The fraction of sp³-hybridized carbons (Fsp3) is 0.467. The highest BCUT2D eigenvalue weighted by atomic mass is 35.5. The van der Waals surface area contributed by atoms with Crippen LogP contribution in [0.25, 0.3) is 0 Å². The molecule has 3 heterocycles. The maximum atomic E-state index is 12.3. The van der Waals surface area contributed by atoms with Gasteiger partial charge >= 0.3 is 0 Å². The molecule has 0 radical (unpaired) electrons. The van der Waals surface area contributed by atoms with Crippen LogP contribution in [-0.2, 0) is 9.59 Å². The lowest BCUT2D eigenvalue weighted by molar-refractivity contribution is -0.132. The minimum absolute atomic E-state index is 0.0201. The molecule has 1 N–H and O–H groups in total. The first kappa shape index (κ1) is 15.7. The number of hydrogen-bond donors (Lipinski definition) is 1.